The van der Waals surface area contributed by atoms with Gasteiger partial charge in [-0.25, -0.2) is 4.98 Å². The molecule has 1 aliphatic rings. The number of hydrogen-bond acceptors (Lipinski definition) is 4. The predicted octanol–water partition coefficient (Wildman–Crippen LogP) is 5.75. The first kappa shape index (κ1) is 21.7. The Morgan fingerprint density at radius 3 is 2.30 bits per heavy atom. The van der Waals surface area contributed by atoms with Gasteiger partial charge in [0, 0.05) is 48.4 Å². The minimum absolute atomic E-state index is 0.257. The number of aromatic nitrogens is 2. The highest BCUT2D eigenvalue weighted by Crippen LogP contribution is 2.36. The minimum atomic E-state index is 0.257. The summed E-state index contributed by atoms with van der Waals surface area (Å²) in [7, 11) is 0. The summed E-state index contributed by atoms with van der Waals surface area (Å²) in [5.74, 6) is 6.22. The molecule has 0 spiro atoms. The van der Waals surface area contributed by atoms with Gasteiger partial charge in [-0.2, -0.15) is 5.10 Å². The van der Waals surface area contributed by atoms with Crippen molar-refractivity contribution in [3.8, 4) is 0 Å². The molecule has 0 aliphatic heterocycles. The summed E-state index contributed by atoms with van der Waals surface area (Å²) in [4.78, 5) is 10.2. The van der Waals surface area contributed by atoms with E-state index < -0.39 is 0 Å². The molecule has 6 heteroatoms. The van der Waals surface area contributed by atoms with Crippen LogP contribution in [-0.2, 0) is 13.1 Å². The van der Waals surface area contributed by atoms with Crippen LogP contribution in [0.5, 0.6) is 0 Å². The lowest BCUT2D eigenvalue weighted by molar-refractivity contribution is 0.179. The van der Waals surface area contributed by atoms with E-state index >= 15 is 0 Å². The fourth-order valence-electron chi connectivity index (χ4n) is 5.11. The summed E-state index contributed by atoms with van der Waals surface area (Å²) >= 11 is 6.60. The van der Waals surface area contributed by atoms with Gasteiger partial charge in [0.2, 0.25) is 0 Å². The van der Waals surface area contributed by atoms with E-state index in [1.165, 1.54) is 11.1 Å². The van der Waals surface area contributed by atoms with Gasteiger partial charge in [-0.1, -0.05) is 72.3 Å². The number of rotatable bonds is 7. The monoisotopic (exact) mass is 457 g/mol. The molecule has 2 aromatic heterocycles. The van der Waals surface area contributed by atoms with Crippen molar-refractivity contribution in [1.29, 1.82) is 0 Å². The fraction of sp³-hybridized carbons (Fsp3) is 0.259. The molecule has 2 heterocycles. The van der Waals surface area contributed by atoms with Gasteiger partial charge in [0.15, 0.2) is 0 Å². The Morgan fingerprint density at radius 1 is 1.00 bits per heavy atom. The van der Waals surface area contributed by atoms with E-state index in [9.17, 15) is 0 Å². The van der Waals surface area contributed by atoms with Crippen molar-refractivity contribution in [2.75, 3.05) is 0 Å². The lowest BCUT2D eigenvalue weighted by Gasteiger charge is -2.29. The van der Waals surface area contributed by atoms with E-state index in [0.29, 0.717) is 11.1 Å². The molecule has 1 fully saturated rings. The van der Waals surface area contributed by atoms with Crippen LogP contribution in [-0.4, -0.2) is 26.6 Å². The molecule has 0 saturated heterocycles. The van der Waals surface area contributed by atoms with Crippen LogP contribution >= 0.6 is 11.6 Å². The molecule has 5 nitrogen and oxygen atoms in total. The second-order valence-electron chi connectivity index (χ2n) is 8.78. The van der Waals surface area contributed by atoms with E-state index in [1.807, 2.05) is 12.3 Å². The third-order valence-electron chi connectivity index (χ3n) is 6.70. The molecule has 33 heavy (non-hydrogen) atoms. The van der Waals surface area contributed by atoms with Gasteiger partial charge >= 0.3 is 0 Å². The highest BCUT2D eigenvalue weighted by Gasteiger charge is 2.34. The van der Waals surface area contributed by atoms with Gasteiger partial charge < -0.3 is 10.8 Å². The number of nitrogens with one attached hydrogen (secondary N) is 1. The van der Waals surface area contributed by atoms with Gasteiger partial charge in [0.1, 0.15) is 5.65 Å². The van der Waals surface area contributed by atoms with Crippen molar-refractivity contribution >= 4 is 28.3 Å². The maximum atomic E-state index is 6.60. The standard InChI is InChI=1S/C27H28ClN5/c28-24-16-31-27-23(13-14-30-27)25(24)26(32-29)21-11-12-22(15-21)33(17-19-7-3-1-4-8-19)18-20-9-5-2-6-10-20/h1-10,13-14,16,21-22H,11-12,15,17-18,29H2,(H,30,31). The van der Waals surface area contributed by atoms with Gasteiger partial charge in [-0.3, -0.25) is 4.90 Å². The largest absolute Gasteiger partial charge is 0.346 e. The quantitative estimate of drug-likeness (QED) is 0.211. The van der Waals surface area contributed by atoms with Gasteiger partial charge in [0.05, 0.1) is 10.7 Å². The number of hydrogen-bond donors (Lipinski definition) is 2. The second-order valence-corrected chi connectivity index (χ2v) is 9.18. The Morgan fingerprint density at radius 2 is 1.67 bits per heavy atom. The lowest BCUT2D eigenvalue weighted by Crippen LogP contribution is -2.33. The number of nitrogens with two attached hydrogens (primary N) is 1. The molecule has 2 unspecified atom stereocenters. The average molecular weight is 458 g/mol. The maximum Gasteiger partial charge on any atom is 0.137 e. The number of benzene rings is 2. The zero-order chi connectivity index (χ0) is 22.6. The summed E-state index contributed by atoms with van der Waals surface area (Å²) < 4.78 is 0. The van der Waals surface area contributed by atoms with Crippen molar-refractivity contribution in [1.82, 2.24) is 14.9 Å². The SMILES string of the molecule is NN=C(c1c(Cl)cnc2[nH]ccc12)C1CCC(N(Cc2ccccc2)Cc2ccccc2)C1. The molecule has 3 N–H and O–H groups in total. The molecule has 2 atom stereocenters. The molecule has 1 aliphatic carbocycles. The number of H-pyrrole nitrogens is 1. The third kappa shape index (κ3) is 4.65. The number of hydrazone groups is 1. The topological polar surface area (TPSA) is 70.3 Å². The summed E-state index contributed by atoms with van der Waals surface area (Å²) in [6, 6.07) is 23.8. The minimum Gasteiger partial charge on any atom is -0.346 e. The van der Waals surface area contributed by atoms with Crippen molar-refractivity contribution in [3.63, 3.8) is 0 Å². The smallest absolute Gasteiger partial charge is 0.137 e. The molecule has 2 aromatic carbocycles. The van der Waals surface area contributed by atoms with Gasteiger partial charge in [-0.05, 0) is 36.5 Å². The summed E-state index contributed by atoms with van der Waals surface area (Å²) in [6.07, 6.45) is 6.70. The molecule has 168 valence electrons. The molecule has 4 aromatic rings. The van der Waals surface area contributed by atoms with Crippen LogP contribution in [0.4, 0.5) is 0 Å². The van der Waals surface area contributed by atoms with E-state index in [1.54, 1.807) is 6.20 Å². The number of fused-ring (bicyclic) bond motifs is 1. The third-order valence-corrected chi connectivity index (χ3v) is 6.99. The molecule has 0 amide bonds. The normalized spacial score (nSPS) is 18.9. The summed E-state index contributed by atoms with van der Waals surface area (Å²) in [5, 5.41) is 5.83. The van der Waals surface area contributed by atoms with Crippen LogP contribution in [0.3, 0.4) is 0 Å². The molecule has 0 radical (unpaired) electrons. The number of pyridine rings is 1. The highest BCUT2D eigenvalue weighted by molar-refractivity contribution is 6.36. The van der Waals surface area contributed by atoms with Gasteiger partial charge in [-0.15, -0.1) is 0 Å². The molecule has 1 saturated carbocycles. The van der Waals surface area contributed by atoms with Crippen molar-refractivity contribution in [2.24, 2.45) is 16.9 Å². The predicted molar refractivity (Wildman–Crippen MR) is 135 cm³/mol. The van der Waals surface area contributed by atoms with Crippen molar-refractivity contribution < 1.29 is 0 Å². The summed E-state index contributed by atoms with van der Waals surface area (Å²) in [6.45, 7) is 1.83. The first-order valence-corrected chi connectivity index (χ1v) is 11.8. The zero-order valence-corrected chi connectivity index (χ0v) is 19.2. The van der Waals surface area contributed by atoms with Crippen LogP contribution in [0, 0.1) is 5.92 Å². The fourth-order valence-corrected chi connectivity index (χ4v) is 5.35. The Labute approximate surface area is 199 Å². The Kier molecular flexibility index (Phi) is 6.42. The van der Waals surface area contributed by atoms with Crippen LogP contribution in [0.15, 0.2) is 84.2 Å². The second kappa shape index (κ2) is 9.77. The van der Waals surface area contributed by atoms with Crippen LogP contribution in [0.25, 0.3) is 11.0 Å². The first-order valence-electron chi connectivity index (χ1n) is 11.4. The summed E-state index contributed by atoms with van der Waals surface area (Å²) in [5.41, 5.74) is 5.26. The Hall–Kier alpha value is -3.15. The molecule has 5 rings (SSSR count). The highest BCUT2D eigenvalue weighted by atomic mass is 35.5. The van der Waals surface area contributed by atoms with E-state index in [-0.39, 0.29) is 5.92 Å². The van der Waals surface area contributed by atoms with E-state index in [0.717, 1.165) is 54.7 Å². The van der Waals surface area contributed by atoms with Crippen molar-refractivity contribution in [2.45, 2.75) is 38.4 Å². The number of nitrogens with zero attached hydrogens (tertiary/aromatic N) is 3. The molecule has 0 bridgehead atoms. The zero-order valence-electron chi connectivity index (χ0n) is 18.5. The first-order chi connectivity index (χ1) is 16.2. The molecular weight excluding hydrogens is 430 g/mol. The number of aromatic amines is 1. The molecular formula is C27H28ClN5. The Bertz CT molecular complexity index is 1190. The van der Waals surface area contributed by atoms with Crippen molar-refractivity contribution in [3.05, 3.63) is 101 Å². The average Bonchev–Trinajstić information content (AvgIpc) is 3.52. The van der Waals surface area contributed by atoms with Gasteiger partial charge in [0.25, 0.3) is 0 Å². The van der Waals surface area contributed by atoms with Crippen LogP contribution in [0.2, 0.25) is 5.02 Å². The Balaban J connectivity index is 1.40. The maximum absolute atomic E-state index is 6.60. The van der Waals surface area contributed by atoms with Crippen LogP contribution in [0.1, 0.15) is 36.0 Å². The van der Waals surface area contributed by atoms with E-state index in [4.69, 9.17) is 17.4 Å². The lowest BCUT2D eigenvalue weighted by atomic mass is 9.93. The van der Waals surface area contributed by atoms with Crippen LogP contribution < -0.4 is 5.84 Å². The van der Waals surface area contributed by atoms with E-state index in [2.05, 4.69) is 80.6 Å². The number of halogens is 1.